The second-order valence-electron chi connectivity index (χ2n) is 8.78. The number of ether oxygens (including phenoxy) is 1. The fourth-order valence-electron chi connectivity index (χ4n) is 3.39. The highest BCUT2D eigenvalue weighted by Gasteiger charge is 2.30. The summed E-state index contributed by atoms with van der Waals surface area (Å²) in [4.78, 5) is 27.9. The van der Waals surface area contributed by atoms with Gasteiger partial charge in [-0.15, -0.1) is 11.3 Å². The molecule has 2 N–H and O–H groups in total. The zero-order valence-corrected chi connectivity index (χ0v) is 18.9. The third-order valence-electron chi connectivity index (χ3n) is 4.92. The molecule has 2 amide bonds. The van der Waals surface area contributed by atoms with E-state index < -0.39 is 5.60 Å². The van der Waals surface area contributed by atoms with Gasteiger partial charge < -0.3 is 20.3 Å². The second kappa shape index (κ2) is 9.51. The van der Waals surface area contributed by atoms with Crippen LogP contribution >= 0.6 is 11.3 Å². The van der Waals surface area contributed by atoms with E-state index in [-0.39, 0.29) is 24.0 Å². The lowest BCUT2D eigenvalue weighted by molar-refractivity contribution is -0.119. The number of amides is 2. The highest BCUT2D eigenvalue weighted by molar-refractivity contribution is 7.09. The lowest BCUT2D eigenvalue weighted by atomic mass is 10.1. The molecule has 2 heterocycles. The van der Waals surface area contributed by atoms with E-state index in [1.807, 2.05) is 63.4 Å². The Bertz CT molecular complexity index is 861. The molecule has 2 unspecified atom stereocenters. The molecule has 1 aliphatic heterocycles. The van der Waals surface area contributed by atoms with Gasteiger partial charge in [-0.25, -0.2) is 4.79 Å². The smallest absolute Gasteiger partial charge is 0.410 e. The topological polar surface area (TPSA) is 70.7 Å². The molecule has 0 radical (unpaired) electrons. The summed E-state index contributed by atoms with van der Waals surface area (Å²) >= 11 is 1.67. The first kappa shape index (κ1) is 22.2. The number of likely N-dealkylation sites (tertiary alicyclic amines) is 1. The van der Waals surface area contributed by atoms with Gasteiger partial charge in [-0.05, 0) is 57.2 Å². The molecular weight excluding hydrogens is 398 g/mol. The zero-order chi connectivity index (χ0) is 21.7. The van der Waals surface area contributed by atoms with E-state index in [4.69, 9.17) is 4.74 Å². The number of nitrogens with one attached hydrogen (secondary N) is 2. The predicted octanol–water partition coefficient (Wildman–Crippen LogP) is 4.99. The Labute approximate surface area is 182 Å². The van der Waals surface area contributed by atoms with Gasteiger partial charge in [0.1, 0.15) is 5.60 Å². The minimum absolute atomic E-state index is 0.000506. The Morgan fingerprint density at radius 3 is 2.60 bits per heavy atom. The van der Waals surface area contributed by atoms with Crippen LogP contribution in [0.3, 0.4) is 0 Å². The minimum atomic E-state index is -0.501. The van der Waals surface area contributed by atoms with Crippen molar-refractivity contribution in [2.45, 2.75) is 52.2 Å². The van der Waals surface area contributed by atoms with Crippen LogP contribution in [0.1, 0.15) is 39.0 Å². The van der Waals surface area contributed by atoms with Crippen LogP contribution in [0.25, 0.3) is 0 Å². The first-order valence-electron chi connectivity index (χ1n) is 10.4. The highest BCUT2D eigenvalue weighted by Crippen LogP contribution is 2.26. The van der Waals surface area contributed by atoms with Crippen molar-refractivity contribution in [1.82, 2.24) is 4.90 Å². The molecule has 3 rings (SSSR count). The number of anilines is 2. The molecule has 1 fully saturated rings. The molecule has 0 saturated carbocycles. The standard InChI is InChI=1S/C23H31N3O3S/c1-16(14-18-8-7-13-30-18)21(27)25-20-10-6-5-9-19(20)24-17-11-12-26(15-17)22(28)29-23(2,3)4/h5-10,13,16-17,24H,11-12,14-15H2,1-4H3,(H,25,27). The van der Waals surface area contributed by atoms with Crippen LogP contribution in [-0.2, 0) is 16.0 Å². The Morgan fingerprint density at radius 2 is 1.93 bits per heavy atom. The number of carbonyl (C=O) groups excluding carboxylic acids is 2. The van der Waals surface area contributed by atoms with Crippen LogP contribution in [-0.4, -0.2) is 41.6 Å². The third kappa shape index (κ3) is 6.23. The lowest BCUT2D eigenvalue weighted by Gasteiger charge is -2.24. The van der Waals surface area contributed by atoms with Crippen LogP contribution in [0.15, 0.2) is 41.8 Å². The van der Waals surface area contributed by atoms with Crippen molar-refractivity contribution < 1.29 is 14.3 Å². The summed E-state index contributed by atoms with van der Waals surface area (Å²) in [7, 11) is 0. The third-order valence-corrected chi connectivity index (χ3v) is 5.82. The largest absolute Gasteiger partial charge is 0.444 e. The summed E-state index contributed by atoms with van der Waals surface area (Å²) in [6.07, 6.45) is 1.28. The summed E-state index contributed by atoms with van der Waals surface area (Å²) in [5.74, 6) is -0.120. The number of thiophene rings is 1. The highest BCUT2D eigenvalue weighted by atomic mass is 32.1. The van der Waals surface area contributed by atoms with Crippen molar-refractivity contribution in [3.05, 3.63) is 46.7 Å². The minimum Gasteiger partial charge on any atom is -0.444 e. The Balaban J connectivity index is 1.58. The van der Waals surface area contributed by atoms with Gasteiger partial charge in [0.05, 0.1) is 11.4 Å². The molecule has 1 aliphatic rings. The molecular formula is C23H31N3O3S. The summed E-state index contributed by atoms with van der Waals surface area (Å²) in [6.45, 7) is 8.78. The van der Waals surface area contributed by atoms with Gasteiger partial charge >= 0.3 is 6.09 Å². The van der Waals surface area contributed by atoms with Crippen molar-refractivity contribution in [2.24, 2.45) is 5.92 Å². The van der Waals surface area contributed by atoms with Crippen molar-refractivity contribution >= 4 is 34.7 Å². The Morgan fingerprint density at radius 1 is 1.20 bits per heavy atom. The molecule has 2 atom stereocenters. The summed E-state index contributed by atoms with van der Waals surface area (Å²) < 4.78 is 5.47. The van der Waals surface area contributed by atoms with Crippen LogP contribution in [0.4, 0.5) is 16.2 Å². The number of nitrogens with zero attached hydrogens (tertiary/aromatic N) is 1. The van der Waals surface area contributed by atoms with Crippen molar-refractivity contribution in [1.29, 1.82) is 0 Å². The molecule has 30 heavy (non-hydrogen) atoms. The van der Waals surface area contributed by atoms with Gasteiger partial charge in [0.25, 0.3) is 0 Å². The first-order valence-corrected chi connectivity index (χ1v) is 11.3. The normalized spacial score (nSPS) is 17.5. The number of carbonyl (C=O) groups is 2. The fraction of sp³-hybridized carbons (Fsp3) is 0.478. The molecule has 1 aromatic heterocycles. The van der Waals surface area contributed by atoms with Gasteiger partial charge in [0, 0.05) is 29.9 Å². The zero-order valence-electron chi connectivity index (χ0n) is 18.1. The van der Waals surface area contributed by atoms with E-state index in [0.717, 1.165) is 24.2 Å². The monoisotopic (exact) mass is 429 g/mol. The quantitative estimate of drug-likeness (QED) is 0.679. The van der Waals surface area contributed by atoms with Crippen LogP contribution in [0, 0.1) is 5.92 Å². The van der Waals surface area contributed by atoms with Gasteiger partial charge in [0.15, 0.2) is 0 Å². The number of hydrogen-bond acceptors (Lipinski definition) is 5. The van der Waals surface area contributed by atoms with Crippen molar-refractivity contribution in [3.63, 3.8) is 0 Å². The van der Waals surface area contributed by atoms with Crippen LogP contribution in [0.5, 0.6) is 0 Å². The lowest BCUT2D eigenvalue weighted by Crippen LogP contribution is -2.36. The number of hydrogen-bond donors (Lipinski definition) is 2. The van der Waals surface area contributed by atoms with Gasteiger partial charge in [-0.1, -0.05) is 25.1 Å². The predicted molar refractivity (Wildman–Crippen MR) is 122 cm³/mol. The van der Waals surface area contributed by atoms with E-state index in [2.05, 4.69) is 16.7 Å². The van der Waals surface area contributed by atoms with Crippen molar-refractivity contribution in [2.75, 3.05) is 23.7 Å². The van der Waals surface area contributed by atoms with E-state index >= 15 is 0 Å². The molecule has 162 valence electrons. The fourth-order valence-corrected chi connectivity index (χ4v) is 4.22. The van der Waals surface area contributed by atoms with Crippen LogP contribution in [0.2, 0.25) is 0 Å². The van der Waals surface area contributed by atoms with E-state index in [0.29, 0.717) is 13.1 Å². The van der Waals surface area contributed by atoms with Gasteiger partial charge in [0.2, 0.25) is 5.91 Å². The summed E-state index contributed by atoms with van der Waals surface area (Å²) in [5, 5.41) is 8.57. The number of benzene rings is 1. The molecule has 6 nitrogen and oxygen atoms in total. The van der Waals surface area contributed by atoms with E-state index in [9.17, 15) is 9.59 Å². The van der Waals surface area contributed by atoms with Gasteiger partial charge in [-0.3, -0.25) is 4.79 Å². The molecule has 1 aromatic carbocycles. The number of rotatable bonds is 6. The summed E-state index contributed by atoms with van der Waals surface area (Å²) in [5.41, 5.74) is 1.13. The molecule has 0 spiro atoms. The second-order valence-corrected chi connectivity index (χ2v) is 9.81. The molecule has 0 bridgehead atoms. The average molecular weight is 430 g/mol. The Kier molecular flexibility index (Phi) is 7.02. The maximum atomic E-state index is 12.7. The first-order chi connectivity index (χ1) is 14.2. The van der Waals surface area contributed by atoms with Crippen molar-refractivity contribution in [3.8, 4) is 0 Å². The van der Waals surface area contributed by atoms with Gasteiger partial charge in [-0.2, -0.15) is 0 Å². The van der Waals surface area contributed by atoms with E-state index in [1.54, 1.807) is 16.2 Å². The maximum absolute atomic E-state index is 12.7. The summed E-state index contributed by atoms with van der Waals surface area (Å²) in [6, 6.07) is 11.9. The molecule has 7 heteroatoms. The average Bonchev–Trinajstić information content (AvgIpc) is 3.34. The molecule has 2 aromatic rings. The SMILES string of the molecule is CC(Cc1cccs1)C(=O)Nc1ccccc1NC1CCN(C(=O)OC(C)(C)C)C1. The van der Waals surface area contributed by atoms with E-state index in [1.165, 1.54) is 4.88 Å². The number of para-hydroxylation sites is 2. The Hall–Kier alpha value is -2.54. The van der Waals surface area contributed by atoms with Crippen LogP contribution < -0.4 is 10.6 Å². The molecule has 0 aliphatic carbocycles. The molecule has 1 saturated heterocycles. The maximum Gasteiger partial charge on any atom is 0.410 e.